The maximum atomic E-state index is 12.7. The van der Waals surface area contributed by atoms with Crippen LogP contribution in [-0.4, -0.2) is 38.9 Å². The summed E-state index contributed by atoms with van der Waals surface area (Å²) in [7, 11) is -1.65. The molecule has 0 aliphatic carbocycles. The molecule has 1 saturated heterocycles. The Morgan fingerprint density at radius 3 is 2.76 bits per heavy atom. The van der Waals surface area contributed by atoms with Crippen LogP contribution in [0.3, 0.4) is 0 Å². The van der Waals surface area contributed by atoms with Crippen molar-refractivity contribution in [1.29, 1.82) is 5.26 Å². The van der Waals surface area contributed by atoms with Gasteiger partial charge >= 0.3 is 0 Å². The monoisotopic (exact) mass is 329 g/mol. The standard InChI is InChI=1S/C14H19N3O2S.ClH/c1-11-8-14(6-5-12(11)9-15)20(18,19)17-7-3-4-13(17)10-16-2;/h5-6,8,13,16H,3-4,7,10H2,1-2H3;1H. The smallest absolute Gasteiger partial charge is 0.243 e. The molecule has 1 atom stereocenters. The second-order valence-electron chi connectivity index (χ2n) is 5.06. The molecule has 0 spiro atoms. The van der Waals surface area contributed by atoms with E-state index in [1.807, 2.05) is 7.05 Å². The van der Waals surface area contributed by atoms with Gasteiger partial charge in [0.15, 0.2) is 0 Å². The second-order valence-corrected chi connectivity index (χ2v) is 6.95. The van der Waals surface area contributed by atoms with Crippen molar-refractivity contribution in [2.75, 3.05) is 20.1 Å². The van der Waals surface area contributed by atoms with Gasteiger partial charge in [-0.05, 0) is 50.6 Å². The zero-order valence-electron chi connectivity index (χ0n) is 12.2. The number of likely N-dealkylation sites (N-methyl/N-ethyl adjacent to an activating group) is 1. The normalized spacial score (nSPS) is 19.0. The lowest BCUT2D eigenvalue weighted by molar-refractivity contribution is 0.379. The molecule has 2 rings (SSSR count). The van der Waals surface area contributed by atoms with E-state index in [1.165, 1.54) is 6.07 Å². The van der Waals surface area contributed by atoms with Gasteiger partial charge in [-0.15, -0.1) is 12.4 Å². The molecule has 5 nitrogen and oxygen atoms in total. The summed E-state index contributed by atoms with van der Waals surface area (Å²) in [5.74, 6) is 0. The summed E-state index contributed by atoms with van der Waals surface area (Å²) in [6.45, 7) is 2.98. The molecular weight excluding hydrogens is 310 g/mol. The van der Waals surface area contributed by atoms with Crippen molar-refractivity contribution >= 4 is 22.4 Å². The molecule has 1 aromatic rings. The van der Waals surface area contributed by atoms with Crippen molar-refractivity contribution in [2.45, 2.75) is 30.7 Å². The number of benzene rings is 1. The highest BCUT2D eigenvalue weighted by Crippen LogP contribution is 2.26. The van der Waals surface area contributed by atoms with E-state index in [0.29, 0.717) is 24.2 Å². The predicted octanol–water partition coefficient (Wildman–Crippen LogP) is 1.66. The summed E-state index contributed by atoms with van der Waals surface area (Å²) in [5.41, 5.74) is 1.20. The van der Waals surface area contributed by atoms with E-state index in [9.17, 15) is 8.42 Å². The third kappa shape index (κ3) is 3.55. The van der Waals surface area contributed by atoms with Crippen LogP contribution in [0.1, 0.15) is 24.0 Å². The molecule has 1 aliphatic rings. The Labute approximate surface area is 132 Å². The molecular formula is C14H20ClN3O2S. The first-order chi connectivity index (χ1) is 9.50. The molecule has 0 bridgehead atoms. The van der Waals surface area contributed by atoms with Crippen LogP contribution in [0.15, 0.2) is 23.1 Å². The molecule has 0 saturated carbocycles. The fourth-order valence-electron chi connectivity index (χ4n) is 2.62. The number of nitrogens with zero attached hydrogens (tertiary/aromatic N) is 2. The van der Waals surface area contributed by atoms with Gasteiger partial charge in [-0.1, -0.05) is 0 Å². The maximum absolute atomic E-state index is 12.7. The van der Waals surface area contributed by atoms with Crippen LogP contribution in [0, 0.1) is 18.3 Å². The topological polar surface area (TPSA) is 73.2 Å². The van der Waals surface area contributed by atoms with Crippen molar-refractivity contribution in [1.82, 2.24) is 9.62 Å². The van der Waals surface area contributed by atoms with E-state index in [0.717, 1.165) is 12.8 Å². The molecule has 1 unspecified atom stereocenters. The minimum absolute atomic E-state index is 0. The third-order valence-electron chi connectivity index (χ3n) is 3.69. The third-order valence-corrected chi connectivity index (χ3v) is 5.64. The van der Waals surface area contributed by atoms with Gasteiger partial charge in [0.2, 0.25) is 10.0 Å². The quantitative estimate of drug-likeness (QED) is 0.911. The van der Waals surface area contributed by atoms with Crippen molar-refractivity contribution in [3.8, 4) is 6.07 Å². The van der Waals surface area contributed by atoms with Crippen LogP contribution >= 0.6 is 12.4 Å². The molecule has 116 valence electrons. The van der Waals surface area contributed by atoms with Gasteiger partial charge in [0.05, 0.1) is 16.5 Å². The average molecular weight is 330 g/mol. The predicted molar refractivity (Wildman–Crippen MR) is 84.0 cm³/mol. The van der Waals surface area contributed by atoms with Gasteiger partial charge in [0.25, 0.3) is 0 Å². The van der Waals surface area contributed by atoms with Gasteiger partial charge in [-0.25, -0.2) is 8.42 Å². The Balaban J connectivity index is 0.00000220. The van der Waals surface area contributed by atoms with Crippen molar-refractivity contribution in [3.05, 3.63) is 29.3 Å². The molecule has 0 aromatic heterocycles. The first-order valence-corrected chi connectivity index (χ1v) is 8.12. The molecule has 0 radical (unpaired) electrons. The Morgan fingerprint density at radius 2 is 2.19 bits per heavy atom. The summed E-state index contributed by atoms with van der Waals surface area (Å²) < 4.78 is 26.9. The Kier molecular flexibility index (Phi) is 6.17. The molecule has 1 fully saturated rings. The van der Waals surface area contributed by atoms with E-state index < -0.39 is 10.0 Å². The maximum Gasteiger partial charge on any atom is 0.243 e. The molecule has 7 heteroatoms. The number of rotatable bonds is 4. The largest absolute Gasteiger partial charge is 0.318 e. The Bertz CT molecular complexity index is 640. The number of hydrogen-bond acceptors (Lipinski definition) is 4. The lowest BCUT2D eigenvalue weighted by atomic mass is 10.1. The van der Waals surface area contributed by atoms with Crippen LogP contribution in [0.4, 0.5) is 0 Å². The van der Waals surface area contributed by atoms with Gasteiger partial charge in [-0.3, -0.25) is 0 Å². The van der Waals surface area contributed by atoms with Crippen molar-refractivity contribution in [3.63, 3.8) is 0 Å². The summed E-state index contributed by atoms with van der Waals surface area (Å²) in [6, 6.07) is 6.75. The first kappa shape index (κ1) is 17.9. The highest BCUT2D eigenvalue weighted by Gasteiger charge is 2.34. The number of hydrogen-bond donors (Lipinski definition) is 1. The van der Waals surface area contributed by atoms with Gasteiger partial charge in [-0.2, -0.15) is 9.57 Å². The number of sulfonamides is 1. The highest BCUT2D eigenvalue weighted by atomic mass is 35.5. The second kappa shape index (κ2) is 7.23. The van der Waals surface area contributed by atoms with Crippen molar-refractivity contribution < 1.29 is 8.42 Å². The average Bonchev–Trinajstić information content (AvgIpc) is 2.88. The SMILES string of the molecule is CNCC1CCCN1S(=O)(=O)c1ccc(C#N)c(C)c1.Cl. The number of aryl methyl sites for hydroxylation is 1. The molecule has 1 heterocycles. The van der Waals surface area contributed by atoms with Crippen LogP contribution in [-0.2, 0) is 10.0 Å². The molecule has 0 amide bonds. The van der Waals surface area contributed by atoms with Gasteiger partial charge < -0.3 is 5.32 Å². The summed E-state index contributed by atoms with van der Waals surface area (Å²) in [4.78, 5) is 0.275. The van der Waals surface area contributed by atoms with Crippen LogP contribution in [0.5, 0.6) is 0 Å². The molecule has 1 aromatic carbocycles. The number of nitriles is 1. The van der Waals surface area contributed by atoms with E-state index in [1.54, 1.807) is 23.4 Å². The zero-order valence-corrected chi connectivity index (χ0v) is 13.8. The minimum Gasteiger partial charge on any atom is -0.318 e. The van der Waals surface area contributed by atoms with Gasteiger partial charge in [0.1, 0.15) is 0 Å². The number of nitrogens with one attached hydrogen (secondary N) is 1. The fourth-order valence-corrected chi connectivity index (χ4v) is 4.40. The van der Waals surface area contributed by atoms with E-state index in [2.05, 4.69) is 11.4 Å². The first-order valence-electron chi connectivity index (χ1n) is 6.68. The summed E-state index contributed by atoms with van der Waals surface area (Å²) >= 11 is 0. The van der Waals surface area contributed by atoms with E-state index in [-0.39, 0.29) is 23.3 Å². The van der Waals surface area contributed by atoms with Crippen LogP contribution < -0.4 is 5.32 Å². The number of halogens is 1. The molecule has 1 N–H and O–H groups in total. The van der Waals surface area contributed by atoms with Crippen LogP contribution in [0.2, 0.25) is 0 Å². The Hall–Kier alpha value is -1.13. The lowest BCUT2D eigenvalue weighted by Crippen LogP contribution is -2.40. The Morgan fingerprint density at radius 1 is 1.48 bits per heavy atom. The zero-order chi connectivity index (χ0) is 14.8. The minimum atomic E-state index is -3.47. The fraction of sp³-hybridized carbons (Fsp3) is 0.500. The van der Waals surface area contributed by atoms with E-state index in [4.69, 9.17) is 5.26 Å². The molecule has 1 aliphatic heterocycles. The lowest BCUT2D eigenvalue weighted by Gasteiger charge is -2.24. The summed E-state index contributed by atoms with van der Waals surface area (Å²) in [6.07, 6.45) is 1.77. The molecule has 21 heavy (non-hydrogen) atoms. The van der Waals surface area contributed by atoms with Crippen molar-refractivity contribution in [2.24, 2.45) is 0 Å². The summed E-state index contributed by atoms with van der Waals surface area (Å²) in [5, 5.41) is 12.0. The highest BCUT2D eigenvalue weighted by molar-refractivity contribution is 7.89. The van der Waals surface area contributed by atoms with E-state index >= 15 is 0 Å². The van der Waals surface area contributed by atoms with Crippen LogP contribution in [0.25, 0.3) is 0 Å². The van der Waals surface area contributed by atoms with Gasteiger partial charge in [0, 0.05) is 19.1 Å².